The van der Waals surface area contributed by atoms with E-state index in [1.54, 1.807) is 7.11 Å². The SMILES string of the molecule is COc1ccc(CCc2nc(NC(=O)Cc3cc(F)c(F)cc3F)n[nH]2)cc1. The second-order valence-electron chi connectivity index (χ2n) is 6.04. The molecule has 0 radical (unpaired) electrons. The van der Waals surface area contributed by atoms with Crippen LogP contribution in [0.2, 0.25) is 0 Å². The number of aromatic amines is 1. The zero-order valence-corrected chi connectivity index (χ0v) is 14.9. The summed E-state index contributed by atoms with van der Waals surface area (Å²) in [6, 6.07) is 8.66. The van der Waals surface area contributed by atoms with Crippen LogP contribution in [-0.4, -0.2) is 28.2 Å². The van der Waals surface area contributed by atoms with Gasteiger partial charge in [-0.25, -0.2) is 13.2 Å². The molecule has 1 amide bonds. The van der Waals surface area contributed by atoms with Crippen molar-refractivity contribution in [3.05, 3.63) is 70.8 Å². The molecule has 2 aromatic carbocycles. The highest BCUT2D eigenvalue weighted by Crippen LogP contribution is 2.15. The molecule has 0 aliphatic carbocycles. The van der Waals surface area contributed by atoms with Crippen LogP contribution in [0.4, 0.5) is 19.1 Å². The van der Waals surface area contributed by atoms with Gasteiger partial charge in [-0.2, -0.15) is 4.98 Å². The molecule has 0 saturated carbocycles. The summed E-state index contributed by atoms with van der Waals surface area (Å²) in [6.45, 7) is 0. The first-order valence-corrected chi connectivity index (χ1v) is 8.42. The second-order valence-corrected chi connectivity index (χ2v) is 6.04. The third-order valence-electron chi connectivity index (χ3n) is 4.03. The lowest BCUT2D eigenvalue weighted by molar-refractivity contribution is -0.115. The van der Waals surface area contributed by atoms with Gasteiger partial charge in [0.15, 0.2) is 11.6 Å². The highest BCUT2D eigenvalue weighted by atomic mass is 19.2. The number of hydrogen-bond acceptors (Lipinski definition) is 4. The zero-order valence-electron chi connectivity index (χ0n) is 14.9. The number of carbonyl (C=O) groups is 1. The molecule has 28 heavy (non-hydrogen) atoms. The van der Waals surface area contributed by atoms with Crippen molar-refractivity contribution >= 4 is 11.9 Å². The van der Waals surface area contributed by atoms with Crippen molar-refractivity contribution in [2.75, 3.05) is 12.4 Å². The number of anilines is 1. The first-order chi connectivity index (χ1) is 13.4. The summed E-state index contributed by atoms with van der Waals surface area (Å²) in [4.78, 5) is 16.1. The Morgan fingerprint density at radius 2 is 1.79 bits per heavy atom. The summed E-state index contributed by atoms with van der Waals surface area (Å²) < 4.78 is 44.8. The van der Waals surface area contributed by atoms with Crippen LogP contribution in [-0.2, 0) is 24.1 Å². The van der Waals surface area contributed by atoms with Gasteiger partial charge in [-0.15, -0.1) is 5.10 Å². The summed E-state index contributed by atoms with van der Waals surface area (Å²) >= 11 is 0. The maximum atomic E-state index is 13.6. The van der Waals surface area contributed by atoms with Gasteiger partial charge < -0.3 is 4.74 Å². The number of methoxy groups -OCH3 is 1. The van der Waals surface area contributed by atoms with Gasteiger partial charge in [-0.1, -0.05) is 12.1 Å². The van der Waals surface area contributed by atoms with Crippen molar-refractivity contribution in [3.63, 3.8) is 0 Å². The number of amides is 1. The Balaban J connectivity index is 1.55. The third kappa shape index (κ3) is 4.87. The molecule has 0 unspecified atom stereocenters. The van der Waals surface area contributed by atoms with Crippen LogP contribution in [0.5, 0.6) is 5.75 Å². The van der Waals surface area contributed by atoms with E-state index in [0.717, 1.165) is 11.3 Å². The molecule has 9 heteroatoms. The number of rotatable bonds is 7. The standard InChI is InChI=1S/C19H17F3N4O2/c1-28-13-5-2-11(3-6-13)4-7-17-23-19(26-25-17)24-18(27)9-12-8-15(21)16(22)10-14(12)20/h2-3,5-6,8,10H,4,7,9H2,1H3,(H2,23,24,25,26,27). The van der Waals surface area contributed by atoms with Gasteiger partial charge in [-0.05, 0) is 30.2 Å². The van der Waals surface area contributed by atoms with Crippen LogP contribution in [0.3, 0.4) is 0 Å². The fraction of sp³-hybridized carbons (Fsp3) is 0.211. The first-order valence-electron chi connectivity index (χ1n) is 8.42. The van der Waals surface area contributed by atoms with Crippen molar-refractivity contribution in [2.24, 2.45) is 0 Å². The molecule has 0 atom stereocenters. The molecule has 3 rings (SSSR count). The number of nitrogens with zero attached hydrogens (tertiary/aromatic N) is 2. The summed E-state index contributed by atoms with van der Waals surface area (Å²) in [5.74, 6) is -2.82. The molecule has 0 aliphatic rings. The molecule has 2 N–H and O–H groups in total. The molecule has 0 aliphatic heterocycles. The van der Waals surface area contributed by atoms with Crippen LogP contribution in [0.25, 0.3) is 0 Å². The predicted octanol–water partition coefficient (Wildman–Crippen LogP) is 3.20. The van der Waals surface area contributed by atoms with E-state index in [9.17, 15) is 18.0 Å². The van der Waals surface area contributed by atoms with Crippen LogP contribution in [0, 0.1) is 17.5 Å². The van der Waals surface area contributed by atoms with Gasteiger partial charge in [0.25, 0.3) is 0 Å². The van der Waals surface area contributed by atoms with Crippen molar-refractivity contribution in [1.82, 2.24) is 15.2 Å². The summed E-state index contributed by atoms with van der Waals surface area (Å²) in [6.07, 6.45) is 0.790. The lowest BCUT2D eigenvalue weighted by Crippen LogP contribution is -2.16. The topological polar surface area (TPSA) is 79.9 Å². The molecule has 0 spiro atoms. The Morgan fingerprint density at radius 1 is 1.07 bits per heavy atom. The largest absolute Gasteiger partial charge is 0.497 e. The third-order valence-corrected chi connectivity index (χ3v) is 4.03. The van der Waals surface area contributed by atoms with E-state index in [1.165, 1.54) is 0 Å². The van der Waals surface area contributed by atoms with Gasteiger partial charge in [0.05, 0.1) is 13.5 Å². The minimum Gasteiger partial charge on any atom is -0.497 e. The Morgan fingerprint density at radius 3 is 2.50 bits per heavy atom. The quantitative estimate of drug-likeness (QED) is 0.607. The monoisotopic (exact) mass is 390 g/mol. The van der Waals surface area contributed by atoms with Crippen molar-refractivity contribution in [1.29, 1.82) is 0 Å². The average Bonchev–Trinajstić information content (AvgIpc) is 3.12. The Hall–Kier alpha value is -3.36. The van der Waals surface area contributed by atoms with Gasteiger partial charge in [0, 0.05) is 18.1 Å². The zero-order chi connectivity index (χ0) is 20.1. The molecule has 1 heterocycles. The normalized spacial score (nSPS) is 10.7. The van der Waals surface area contributed by atoms with E-state index in [1.807, 2.05) is 24.3 Å². The molecule has 0 bridgehead atoms. The number of benzene rings is 2. The smallest absolute Gasteiger partial charge is 0.248 e. The molecular formula is C19H17F3N4O2. The predicted molar refractivity (Wildman–Crippen MR) is 95.4 cm³/mol. The fourth-order valence-corrected chi connectivity index (χ4v) is 2.56. The summed E-state index contributed by atoms with van der Waals surface area (Å²) in [7, 11) is 1.60. The van der Waals surface area contributed by atoms with Gasteiger partial charge in [0.2, 0.25) is 11.9 Å². The number of H-pyrrole nitrogens is 1. The summed E-state index contributed by atoms with van der Waals surface area (Å²) in [5.41, 5.74) is 0.822. The number of carbonyl (C=O) groups excluding carboxylic acids is 1. The van der Waals surface area contributed by atoms with E-state index in [2.05, 4.69) is 20.5 Å². The van der Waals surface area contributed by atoms with E-state index in [4.69, 9.17) is 4.74 Å². The Labute approximate surface area is 158 Å². The first kappa shape index (κ1) is 19.4. The number of hydrogen-bond donors (Lipinski definition) is 2. The van der Waals surface area contributed by atoms with Crippen molar-refractivity contribution in [2.45, 2.75) is 19.3 Å². The van der Waals surface area contributed by atoms with Crippen LogP contribution in [0.15, 0.2) is 36.4 Å². The van der Waals surface area contributed by atoms with Crippen molar-refractivity contribution < 1.29 is 22.7 Å². The van der Waals surface area contributed by atoms with Crippen LogP contribution >= 0.6 is 0 Å². The number of aryl methyl sites for hydroxylation is 2. The summed E-state index contributed by atoms with van der Waals surface area (Å²) in [5, 5.41) is 8.98. The lowest BCUT2D eigenvalue weighted by atomic mass is 10.1. The van der Waals surface area contributed by atoms with Crippen molar-refractivity contribution in [3.8, 4) is 5.75 Å². The molecule has 146 valence electrons. The van der Waals surface area contributed by atoms with Crippen LogP contribution in [0.1, 0.15) is 17.0 Å². The highest BCUT2D eigenvalue weighted by molar-refractivity contribution is 5.90. The number of ether oxygens (including phenoxy) is 1. The number of halogens is 3. The average molecular weight is 390 g/mol. The Bertz CT molecular complexity index is 974. The van der Waals surface area contributed by atoms with Gasteiger partial charge >= 0.3 is 0 Å². The molecular weight excluding hydrogens is 373 g/mol. The molecule has 3 aromatic rings. The number of nitrogens with one attached hydrogen (secondary N) is 2. The molecule has 0 saturated heterocycles. The van der Waals surface area contributed by atoms with E-state index < -0.39 is 29.8 Å². The van der Waals surface area contributed by atoms with E-state index >= 15 is 0 Å². The lowest BCUT2D eigenvalue weighted by Gasteiger charge is -2.04. The van der Waals surface area contributed by atoms with E-state index in [-0.39, 0.29) is 11.5 Å². The molecule has 6 nitrogen and oxygen atoms in total. The molecule has 1 aromatic heterocycles. The Kier molecular flexibility index (Phi) is 5.93. The minimum atomic E-state index is -1.31. The number of aromatic nitrogens is 3. The minimum absolute atomic E-state index is 0.0257. The van der Waals surface area contributed by atoms with Crippen LogP contribution < -0.4 is 10.1 Å². The van der Waals surface area contributed by atoms with Gasteiger partial charge in [0.1, 0.15) is 17.4 Å². The van der Waals surface area contributed by atoms with Gasteiger partial charge in [-0.3, -0.25) is 15.2 Å². The maximum absolute atomic E-state index is 13.6. The van der Waals surface area contributed by atoms with E-state index in [0.29, 0.717) is 30.8 Å². The fourth-order valence-electron chi connectivity index (χ4n) is 2.56. The molecule has 0 fully saturated rings. The highest BCUT2D eigenvalue weighted by Gasteiger charge is 2.14. The second kappa shape index (κ2) is 8.55. The maximum Gasteiger partial charge on any atom is 0.248 e.